The molecule has 0 saturated heterocycles. The van der Waals surface area contributed by atoms with E-state index in [-0.39, 0.29) is 0 Å². The van der Waals surface area contributed by atoms with Gasteiger partial charge in [0.1, 0.15) is 0 Å². The van der Waals surface area contributed by atoms with Crippen molar-refractivity contribution in [1.29, 1.82) is 0 Å². The first kappa shape index (κ1) is 30.8. The third-order valence-electron chi connectivity index (χ3n) is 10.3. The fraction of sp³-hybridized carbons (Fsp3) is 0.300. The fourth-order valence-corrected chi connectivity index (χ4v) is 7.92. The van der Waals surface area contributed by atoms with Crippen LogP contribution in [0.5, 0.6) is 0 Å². The molecular formula is C40H42N12. The highest BCUT2D eigenvalue weighted by molar-refractivity contribution is 5.65. The molecule has 0 radical (unpaired) electrons. The van der Waals surface area contributed by atoms with Crippen molar-refractivity contribution in [2.45, 2.75) is 52.4 Å². The van der Waals surface area contributed by atoms with Crippen LogP contribution in [0.15, 0.2) is 110 Å². The Morgan fingerprint density at radius 1 is 0.288 bits per heavy atom. The summed E-state index contributed by atoms with van der Waals surface area (Å²) in [4.78, 5) is 39.1. The lowest BCUT2D eigenvalue weighted by Gasteiger charge is -2.25. The van der Waals surface area contributed by atoms with Gasteiger partial charge in [-0.15, -0.1) is 0 Å². The summed E-state index contributed by atoms with van der Waals surface area (Å²) >= 11 is 0. The van der Waals surface area contributed by atoms with Gasteiger partial charge in [-0.1, -0.05) is 12.1 Å². The lowest BCUT2D eigenvalue weighted by atomic mass is 10.0. The summed E-state index contributed by atoms with van der Waals surface area (Å²) in [7, 11) is 0. The molecule has 12 nitrogen and oxygen atoms in total. The molecule has 0 spiro atoms. The second-order valence-corrected chi connectivity index (χ2v) is 14.7. The van der Waals surface area contributed by atoms with E-state index in [1.165, 1.54) is 11.1 Å². The topological polar surface area (TPSA) is 77.5 Å². The second kappa shape index (κ2) is 12.9. The van der Waals surface area contributed by atoms with Gasteiger partial charge in [0, 0.05) is 49.6 Å². The van der Waals surface area contributed by atoms with Crippen LogP contribution in [0.25, 0.3) is 11.1 Å². The van der Waals surface area contributed by atoms with Crippen LogP contribution in [0.2, 0.25) is 0 Å². The summed E-state index contributed by atoms with van der Waals surface area (Å²) in [6.45, 7) is 9.25. The molecule has 16 bridgehead atoms. The van der Waals surface area contributed by atoms with Gasteiger partial charge in [0.15, 0.2) is 0 Å². The molecule has 10 rings (SSSR count). The van der Waals surface area contributed by atoms with Crippen LogP contribution in [-0.2, 0) is 52.4 Å². The predicted octanol–water partition coefficient (Wildman–Crippen LogP) is 4.55. The van der Waals surface area contributed by atoms with Crippen LogP contribution in [0, 0.1) is 0 Å². The maximum Gasteiger partial charge on any atom is 0.0902 e. The summed E-state index contributed by atoms with van der Waals surface area (Å²) in [6, 6.07) is 21.9. The summed E-state index contributed by atoms with van der Waals surface area (Å²) in [5.41, 5.74) is 11.0. The number of fused-ring (bicyclic) bond motifs is 16. The van der Waals surface area contributed by atoms with Crippen molar-refractivity contribution in [1.82, 2.24) is 59.1 Å². The van der Waals surface area contributed by atoms with Gasteiger partial charge in [0.25, 0.3) is 0 Å². The number of rotatable bonds is 1. The average molecular weight is 691 g/mol. The summed E-state index contributed by atoms with van der Waals surface area (Å²) in [5, 5.41) is 0. The quantitative estimate of drug-likeness (QED) is 0.282. The van der Waals surface area contributed by atoms with Crippen LogP contribution < -0.4 is 0 Å². The van der Waals surface area contributed by atoms with Crippen LogP contribution in [0.3, 0.4) is 0 Å². The van der Waals surface area contributed by atoms with E-state index in [2.05, 4.69) is 149 Å². The average Bonchev–Trinajstić information content (AvgIpc) is 3.95. The first-order chi connectivity index (χ1) is 25.6. The zero-order valence-electron chi connectivity index (χ0n) is 29.2. The van der Waals surface area contributed by atoms with Crippen LogP contribution >= 0.6 is 0 Å². The molecule has 0 atom stereocenters. The van der Waals surface area contributed by atoms with Crippen molar-refractivity contribution in [3.05, 3.63) is 156 Å². The molecule has 0 aromatic carbocycles. The van der Waals surface area contributed by atoms with Gasteiger partial charge in [-0.2, -0.15) is 0 Å². The number of hydrogen-bond donors (Lipinski definition) is 0. The van der Waals surface area contributed by atoms with Gasteiger partial charge >= 0.3 is 0 Å². The van der Waals surface area contributed by atoms with Crippen molar-refractivity contribution in [3.63, 3.8) is 0 Å². The van der Waals surface area contributed by atoms with E-state index >= 15 is 0 Å². The molecule has 0 aliphatic carbocycles. The minimum absolute atomic E-state index is 0.730. The Labute approximate surface area is 304 Å². The monoisotopic (exact) mass is 690 g/mol. The minimum Gasteiger partial charge on any atom is -0.353 e. The van der Waals surface area contributed by atoms with Crippen LogP contribution in [-0.4, -0.2) is 85.8 Å². The largest absolute Gasteiger partial charge is 0.353 e. The zero-order chi connectivity index (χ0) is 34.4. The van der Waals surface area contributed by atoms with E-state index < -0.39 is 0 Å². The normalized spacial score (nSPS) is 19.2. The third kappa shape index (κ3) is 6.71. The maximum absolute atomic E-state index is 5.25. The molecule has 12 heteroatoms. The van der Waals surface area contributed by atoms with Crippen molar-refractivity contribution in [2.75, 3.05) is 26.7 Å². The lowest BCUT2D eigenvalue weighted by molar-refractivity contribution is 0.242. The number of pyridine rings is 4. The molecular weight excluding hydrogens is 649 g/mol. The molecule has 10 heterocycles. The number of nitrogens with zero attached hydrogens (tertiary/aromatic N) is 12. The van der Waals surface area contributed by atoms with Gasteiger partial charge in [-0.05, 0) is 59.7 Å². The molecule has 0 unspecified atom stereocenters. The summed E-state index contributed by atoms with van der Waals surface area (Å²) in [5.74, 6) is 0. The smallest absolute Gasteiger partial charge is 0.0902 e. The second-order valence-electron chi connectivity index (χ2n) is 14.7. The third-order valence-corrected chi connectivity index (χ3v) is 10.3. The molecule has 262 valence electrons. The van der Waals surface area contributed by atoms with E-state index in [1.807, 2.05) is 0 Å². The Kier molecular flexibility index (Phi) is 7.65. The van der Waals surface area contributed by atoms with Crippen molar-refractivity contribution in [3.8, 4) is 11.1 Å². The Morgan fingerprint density at radius 3 is 0.750 bits per heavy atom. The first-order valence-corrected chi connectivity index (χ1v) is 18.1. The van der Waals surface area contributed by atoms with E-state index in [1.54, 1.807) is 0 Å². The van der Waals surface area contributed by atoms with E-state index in [0.29, 0.717) is 0 Å². The van der Waals surface area contributed by atoms with E-state index in [4.69, 9.17) is 19.9 Å². The highest BCUT2D eigenvalue weighted by atomic mass is 15.4. The molecule has 6 aliphatic rings. The highest BCUT2D eigenvalue weighted by Gasteiger charge is 2.22. The van der Waals surface area contributed by atoms with Crippen LogP contribution in [0.4, 0.5) is 0 Å². The van der Waals surface area contributed by atoms with E-state index in [9.17, 15) is 0 Å². The van der Waals surface area contributed by atoms with Gasteiger partial charge in [0.05, 0.1) is 125 Å². The molecule has 6 aliphatic heterocycles. The SMILES string of the molecule is C1=CN2Cc3cc(-c4cc5nc(c4)CN4C=CN(Cc6cccc(n6)CN6C=CN(C5)C6)C4)cc(n3)CN3C=CN(Cc4cccc(n4)CN1C2)C3. The van der Waals surface area contributed by atoms with Gasteiger partial charge in [-0.3, -0.25) is 19.9 Å². The Morgan fingerprint density at radius 2 is 0.500 bits per heavy atom. The number of aromatic nitrogens is 4. The van der Waals surface area contributed by atoms with Gasteiger partial charge < -0.3 is 39.2 Å². The van der Waals surface area contributed by atoms with Crippen molar-refractivity contribution in [2.24, 2.45) is 0 Å². The Balaban J connectivity index is 0.977. The van der Waals surface area contributed by atoms with Gasteiger partial charge in [0.2, 0.25) is 0 Å². The summed E-state index contributed by atoms with van der Waals surface area (Å²) in [6.07, 6.45) is 17.4. The zero-order valence-corrected chi connectivity index (χ0v) is 29.2. The number of hydrogen-bond acceptors (Lipinski definition) is 12. The molecule has 0 amide bonds. The molecule has 4 aromatic heterocycles. The molecule has 0 saturated carbocycles. The van der Waals surface area contributed by atoms with Crippen molar-refractivity contribution < 1.29 is 0 Å². The maximum atomic E-state index is 5.25. The van der Waals surface area contributed by atoms with E-state index in [0.717, 1.165) is 125 Å². The Hall–Kier alpha value is -6.04. The molecule has 0 N–H and O–H groups in total. The lowest BCUT2D eigenvalue weighted by Crippen LogP contribution is -2.28. The first-order valence-electron chi connectivity index (χ1n) is 18.1. The molecule has 0 fully saturated rings. The fourth-order valence-electron chi connectivity index (χ4n) is 7.92. The molecule has 52 heavy (non-hydrogen) atoms. The molecule has 4 aromatic rings. The Bertz CT molecular complexity index is 1830. The standard InChI is InChI=1S/C40H42N12/c1-3-33-19-45-7-11-49(27-45)23-37-15-31(16-38(43-37)24-50-12-8-46(28-50)20-34(4-1)41-33)32-17-39-25-51-13-9-47(29-51)21-35-5-2-6-36(42-35)22-48-10-14-52(30-48)26-40(18-32)44-39/h1-18H,19-30H2. The van der Waals surface area contributed by atoms with Crippen LogP contribution in [0.1, 0.15) is 45.6 Å². The highest BCUT2D eigenvalue weighted by Crippen LogP contribution is 2.28. The van der Waals surface area contributed by atoms with Crippen molar-refractivity contribution >= 4 is 0 Å². The predicted molar refractivity (Wildman–Crippen MR) is 196 cm³/mol. The van der Waals surface area contributed by atoms with Gasteiger partial charge in [-0.25, -0.2) is 0 Å². The minimum atomic E-state index is 0.730. The summed E-state index contributed by atoms with van der Waals surface area (Å²) < 4.78 is 0.